The molecule has 0 amide bonds. The number of hydrogen-bond acceptors (Lipinski definition) is 5. The molecule has 0 bridgehead atoms. The van der Waals surface area contributed by atoms with E-state index in [1.165, 1.54) is 12.4 Å². The number of aromatic nitrogens is 2. The van der Waals surface area contributed by atoms with Gasteiger partial charge in [-0.2, -0.15) is 0 Å². The van der Waals surface area contributed by atoms with Gasteiger partial charge in [0, 0.05) is 18.5 Å². The normalized spacial score (nSPS) is 9.14. The van der Waals surface area contributed by atoms with Crippen molar-refractivity contribution >= 4 is 5.97 Å². The van der Waals surface area contributed by atoms with E-state index in [1.54, 1.807) is 6.20 Å². The van der Waals surface area contributed by atoms with Gasteiger partial charge >= 0.3 is 5.97 Å². The van der Waals surface area contributed by atoms with Gasteiger partial charge in [0.15, 0.2) is 0 Å². The largest absolute Gasteiger partial charge is 0.473 e. The van der Waals surface area contributed by atoms with Crippen LogP contribution in [0.1, 0.15) is 0 Å². The zero-order chi connectivity index (χ0) is 10.2. The molecule has 0 saturated heterocycles. The van der Waals surface area contributed by atoms with Gasteiger partial charge in [-0.15, -0.1) is 0 Å². The van der Waals surface area contributed by atoms with Crippen LogP contribution >= 0.6 is 0 Å². The van der Waals surface area contributed by atoms with Crippen molar-refractivity contribution < 1.29 is 14.3 Å². The van der Waals surface area contributed by atoms with Crippen LogP contribution < -0.4 is 4.74 Å². The summed E-state index contributed by atoms with van der Waals surface area (Å²) in [6, 6.07) is 0. The van der Waals surface area contributed by atoms with E-state index in [0.717, 1.165) is 6.08 Å². The smallest absolute Gasteiger partial charge is 0.330 e. The summed E-state index contributed by atoms with van der Waals surface area (Å²) in [4.78, 5) is 18.3. The summed E-state index contributed by atoms with van der Waals surface area (Å²) < 4.78 is 9.80. The first-order valence-electron chi connectivity index (χ1n) is 4.01. The van der Waals surface area contributed by atoms with Crippen molar-refractivity contribution in [1.29, 1.82) is 0 Å². The standard InChI is InChI=1S/C9H10N2O3/c1-2-9(12)14-6-5-13-8-7-10-3-4-11-8/h2-4,7H,1,5-6H2. The molecule has 14 heavy (non-hydrogen) atoms. The number of carbonyl (C=O) groups excluding carboxylic acids is 1. The van der Waals surface area contributed by atoms with Gasteiger partial charge in [0.25, 0.3) is 0 Å². The average molecular weight is 194 g/mol. The molecular formula is C9H10N2O3. The Morgan fingerprint density at radius 1 is 1.50 bits per heavy atom. The van der Waals surface area contributed by atoms with Crippen LogP contribution in [0, 0.1) is 0 Å². The Labute approximate surface area is 81.4 Å². The molecule has 0 atom stereocenters. The van der Waals surface area contributed by atoms with Crippen LogP contribution in [0.25, 0.3) is 0 Å². The molecule has 1 heterocycles. The van der Waals surface area contributed by atoms with Crippen molar-refractivity contribution in [1.82, 2.24) is 9.97 Å². The van der Waals surface area contributed by atoms with Crippen LogP contribution in [0.5, 0.6) is 5.88 Å². The highest BCUT2D eigenvalue weighted by Gasteiger charge is 1.96. The topological polar surface area (TPSA) is 61.3 Å². The van der Waals surface area contributed by atoms with Gasteiger partial charge in [0.05, 0.1) is 6.20 Å². The number of esters is 1. The summed E-state index contributed by atoms with van der Waals surface area (Å²) in [6.07, 6.45) is 5.65. The van der Waals surface area contributed by atoms with Crippen molar-refractivity contribution in [3.8, 4) is 5.88 Å². The third-order valence-electron chi connectivity index (χ3n) is 1.28. The monoisotopic (exact) mass is 194 g/mol. The Bertz CT molecular complexity index is 300. The van der Waals surface area contributed by atoms with E-state index in [9.17, 15) is 4.79 Å². The predicted octanol–water partition coefficient (Wildman–Crippen LogP) is 0.585. The summed E-state index contributed by atoms with van der Waals surface area (Å²) in [6.45, 7) is 3.68. The zero-order valence-corrected chi connectivity index (χ0v) is 7.55. The van der Waals surface area contributed by atoms with Crippen LogP contribution in [0.15, 0.2) is 31.2 Å². The molecule has 0 aliphatic heterocycles. The van der Waals surface area contributed by atoms with E-state index in [1.807, 2.05) is 0 Å². The quantitative estimate of drug-likeness (QED) is 0.390. The van der Waals surface area contributed by atoms with Crippen molar-refractivity contribution in [2.45, 2.75) is 0 Å². The molecule has 0 fully saturated rings. The Hall–Kier alpha value is -1.91. The molecule has 0 aliphatic carbocycles. The second kappa shape index (κ2) is 5.69. The molecule has 0 aromatic carbocycles. The van der Waals surface area contributed by atoms with Gasteiger partial charge in [-0.1, -0.05) is 6.58 Å². The van der Waals surface area contributed by atoms with E-state index in [0.29, 0.717) is 5.88 Å². The molecule has 1 rings (SSSR count). The molecule has 0 saturated carbocycles. The third-order valence-corrected chi connectivity index (χ3v) is 1.28. The first-order valence-corrected chi connectivity index (χ1v) is 4.01. The Balaban J connectivity index is 2.16. The van der Waals surface area contributed by atoms with E-state index >= 15 is 0 Å². The van der Waals surface area contributed by atoms with Gasteiger partial charge in [0.1, 0.15) is 13.2 Å². The van der Waals surface area contributed by atoms with Crippen LogP contribution in [0.3, 0.4) is 0 Å². The highest BCUT2D eigenvalue weighted by Crippen LogP contribution is 1.99. The number of carbonyl (C=O) groups is 1. The summed E-state index contributed by atoms with van der Waals surface area (Å²) in [7, 11) is 0. The summed E-state index contributed by atoms with van der Waals surface area (Å²) in [5.74, 6) is -0.0603. The lowest BCUT2D eigenvalue weighted by Crippen LogP contribution is -2.10. The zero-order valence-electron chi connectivity index (χ0n) is 7.55. The minimum Gasteiger partial charge on any atom is -0.473 e. The third kappa shape index (κ3) is 3.66. The lowest BCUT2D eigenvalue weighted by atomic mass is 10.6. The summed E-state index contributed by atoms with van der Waals surface area (Å²) in [5.41, 5.74) is 0. The van der Waals surface area contributed by atoms with E-state index < -0.39 is 5.97 Å². The minimum atomic E-state index is -0.465. The highest BCUT2D eigenvalue weighted by molar-refractivity contribution is 5.81. The van der Waals surface area contributed by atoms with Crippen LogP contribution in [0.2, 0.25) is 0 Å². The first-order chi connectivity index (χ1) is 6.83. The van der Waals surface area contributed by atoms with Gasteiger partial charge in [-0.25, -0.2) is 9.78 Å². The molecule has 0 radical (unpaired) electrons. The molecule has 0 unspecified atom stereocenters. The second-order valence-electron chi connectivity index (χ2n) is 2.26. The molecule has 1 aromatic heterocycles. The van der Waals surface area contributed by atoms with E-state index in [4.69, 9.17) is 4.74 Å². The van der Waals surface area contributed by atoms with Crippen LogP contribution in [-0.2, 0) is 9.53 Å². The van der Waals surface area contributed by atoms with Gasteiger partial charge < -0.3 is 9.47 Å². The average Bonchev–Trinajstić information content (AvgIpc) is 2.25. The number of ether oxygens (including phenoxy) is 2. The first kappa shape index (κ1) is 10.2. The van der Waals surface area contributed by atoms with Gasteiger partial charge in [0.2, 0.25) is 5.88 Å². The fraction of sp³-hybridized carbons (Fsp3) is 0.222. The molecule has 0 N–H and O–H groups in total. The Morgan fingerprint density at radius 2 is 2.36 bits per heavy atom. The van der Waals surface area contributed by atoms with Crippen LogP contribution in [-0.4, -0.2) is 29.2 Å². The van der Waals surface area contributed by atoms with Gasteiger partial charge in [-0.05, 0) is 0 Å². The molecular weight excluding hydrogens is 184 g/mol. The van der Waals surface area contributed by atoms with E-state index in [2.05, 4.69) is 21.3 Å². The molecule has 0 spiro atoms. The Morgan fingerprint density at radius 3 is 3.00 bits per heavy atom. The van der Waals surface area contributed by atoms with Crippen molar-refractivity contribution in [2.75, 3.05) is 13.2 Å². The minimum absolute atomic E-state index is 0.168. The summed E-state index contributed by atoms with van der Waals surface area (Å²) in [5, 5.41) is 0. The van der Waals surface area contributed by atoms with Crippen molar-refractivity contribution in [3.05, 3.63) is 31.2 Å². The molecule has 5 heteroatoms. The predicted molar refractivity (Wildman–Crippen MR) is 48.7 cm³/mol. The SMILES string of the molecule is C=CC(=O)OCCOc1cnccn1. The molecule has 1 aromatic rings. The second-order valence-corrected chi connectivity index (χ2v) is 2.26. The lowest BCUT2D eigenvalue weighted by molar-refractivity contribution is -0.138. The van der Waals surface area contributed by atoms with Crippen molar-refractivity contribution in [3.63, 3.8) is 0 Å². The van der Waals surface area contributed by atoms with Crippen LogP contribution in [0.4, 0.5) is 0 Å². The Kier molecular flexibility index (Phi) is 4.13. The maximum Gasteiger partial charge on any atom is 0.330 e. The van der Waals surface area contributed by atoms with Crippen molar-refractivity contribution in [2.24, 2.45) is 0 Å². The van der Waals surface area contributed by atoms with E-state index in [-0.39, 0.29) is 13.2 Å². The van der Waals surface area contributed by atoms with Gasteiger partial charge in [-0.3, -0.25) is 4.98 Å². The number of rotatable bonds is 5. The molecule has 0 aliphatic rings. The summed E-state index contributed by atoms with van der Waals surface area (Å²) >= 11 is 0. The molecule has 74 valence electrons. The highest BCUT2D eigenvalue weighted by atomic mass is 16.6. The fourth-order valence-electron chi connectivity index (χ4n) is 0.707. The number of hydrogen-bond donors (Lipinski definition) is 0. The maximum absolute atomic E-state index is 10.6. The molecule has 5 nitrogen and oxygen atoms in total. The fourth-order valence-corrected chi connectivity index (χ4v) is 0.707. The maximum atomic E-state index is 10.6. The lowest BCUT2D eigenvalue weighted by Gasteiger charge is -2.03. The number of nitrogens with zero attached hydrogens (tertiary/aromatic N) is 2.